The molecule has 0 bridgehead atoms. The van der Waals surface area contributed by atoms with Gasteiger partial charge in [0.1, 0.15) is 0 Å². The second-order valence-electron chi connectivity index (χ2n) is 10.5. The minimum absolute atomic E-state index is 0.00241. The third-order valence-electron chi connectivity index (χ3n) is 7.73. The number of thioether (sulfide) groups is 1. The van der Waals surface area contributed by atoms with E-state index >= 15 is 17.6 Å². The molecule has 4 aromatic carbocycles. The zero-order chi connectivity index (χ0) is 39.3. The zero-order valence-electron chi connectivity index (χ0n) is 28.4. The van der Waals surface area contributed by atoms with Crippen LogP contribution in [0, 0.1) is 34.9 Å². The number of hydrogen-bond acceptors (Lipinski definition) is 7. The van der Waals surface area contributed by atoms with Gasteiger partial charge in [0.25, 0.3) is 0 Å². The van der Waals surface area contributed by atoms with E-state index in [4.69, 9.17) is 28.4 Å². The van der Waals surface area contributed by atoms with E-state index in [1.54, 1.807) is 0 Å². The summed E-state index contributed by atoms with van der Waals surface area (Å²) in [7, 11) is 6.93. The Morgan fingerprint density at radius 2 is 0.774 bits per heavy atom. The summed E-state index contributed by atoms with van der Waals surface area (Å²) in [4.78, 5) is 0. The van der Waals surface area contributed by atoms with Crippen molar-refractivity contribution in [3.63, 3.8) is 0 Å². The summed E-state index contributed by atoms with van der Waals surface area (Å²) in [5.74, 6) is -21.3. The monoisotopic (exact) mass is 778 g/mol. The molecule has 0 spiro atoms. The van der Waals surface area contributed by atoms with E-state index < -0.39 is 91.0 Å². The maximum Gasteiger partial charge on any atom is 0.203 e. The Balaban J connectivity index is 2.14. The first-order chi connectivity index (χ1) is 25.2. The van der Waals surface area contributed by atoms with Crippen LogP contribution in [0.2, 0.25) is 0 Å². The van der Waals surface area contributed by atoms with Crippen LogP contribution in [0.3, 0.4) is 0 Å². The van der Waals surface area contributed by atoms with Crippen molar-refractivity contribution < 1.29 is 72.3 Å². The van der Waals surface area contributed by atoms with Crippen LogP contribution < -0.4 is 28.4 Å². The van der Waals surface area contributed by atoms with Gasteiger partial charge in [-0.1, -0.05) is 0 Å². The maximum absolute atomic E-state index is 16.8. The predicted octanol–water partition coefficient (Wildman–Crippen LogP) is 10.7. The summed E-state index contributed by atoms with van der Waals surface area (Å²) in [5.41, 5.74) is -3.58. The van der Waals surface area contributed by atoms with Gasteiger partial charge in [-0.3, -0.25) is 0 Å². The van der Waals surface area contributed by atoms with Crippen LogP contribution in [0.15, 0.2) is 60.2 Å². The van der Waals surface area contributed by atoms with E-state index in [1.165, 1.54) is 26.4 Å². The molecule has 0 aromatic heterocycles. The van der Waals surface area contributed by atoms with E-state index in [-0.39, 0.29) is 46.3 Å². The molecule has 0 fully saturated rings. The molecule has 0 radical (unpaired) electrons. The first-order valence-corrected chi connectivity index (χ1v) is 15.8. The van der Waals surface area contributed by atoms with Gasteiger partial charge >= 0.3 is 0 Å². The molecule has 17 heteroatoms. The highest BCUT2D eigenvalue weighted by Crippen LogP contribution is 2.58. The lowest BCUT2D eigenvalue weighted by Gasteiger charge is -2.27. The molecule has 2 atom stereocenters. The Morgan fingerprint density at radius 3 is 1.08 bits per heavy atom. The third-order valence-corrected chi connectivity index (χ3v) is 9.20. The minimum Gasteiger partial charge on any atom is -0.493 e. The second kappa shape index (κ2) is 17.1. The first kappa shape index (κ1) is 40.6. The number of methoxy groups -OCH3 is 6. The van der Waals surface area contributed by atoms with Crippen molar-refractivity contribution in [2.24, 2.45) is 0 Å². The zero-order valence-corrected chi connectivity index (χ0v) is 29.2. The SMILES string of the molecule is COc1ccc(C(SC(/C(F)=C(/F)c2ccc(F)c(F)c2F)c2ccc(OC)c(OC)c2OC)C(F)=C(F)c2ccc(F)c(F)c2F)c(OC)c1OC. The lowest BCUT2D eigenvalue weighted by atomic mass is 10.0. The molecule has 4 aromatic rings. The molecule has 2 unspecified atom stereocenters. The summed E-state index contributed by atoms with van der Waals surface area (Å²) < 4.78 is 183. The van der Waals surface area contributed by atoms with Crippen molar-refractivity contribution in [2.45, 2.75) is 10.5 Å². The number of benzene rings is 4. The third kappa shape index (κ3) is 7.65. The Hall–Kier alpha value is -5.19. The molecule has 0 aliphatic rings. The molecule has 0 amide bonds. The summed E-state index contributed by atoms with van der Waals surface area (Å²) in [5, 5.41) is -4.51. The van der Waals surface area contributed by atoms with E-state index in [1.807, 2.05) is 0 Å². The minimum atomic E-state index is -2.26. The number of hydrogen-bond donors (Lipinski definition) is 0. The highest BCUT2D eigenvalue weighted by molar-refractivity contribution is 8.00. The molecule has 4 rings (SSSR count). The fraction of sp³-hybridized carbons (Fsp3) is 0.222. The van der Waals surface area contributed by atoms with Crippen LogP contribution in [-0.4, -0.2) is 42.7 Å². The van der Waals surface area contributed by atoms with Gasteiger partial charge < -0.3 is 28.4 Å². The van der Waals surface area contributed by atoms with E-state index in [0.717, 1.165) is 40.6 Å². The molecule has 0 aliphatic carbocycles. The summed E-state index contributed by atoms with van der Waals surface area (Å²) in [6.07, 6.45) is 0. The number of ether oxygens (including phenoxy) is 6. The Labute approximate surface area is 300 Å². The molecule has 53 heavy (non-hydrogen) atoms. The number of rotatable bonds is 14. The van der Waals surface area contributed by atoms with Crippen LogP contribution >= 0.6 is 11.8 Å². The molecule has 0 aliphatic heterocycles. The van der Waals surface area contributed by atoms with Crippen molar-refractivity contribution in [1.82, 2.24) is 0 Å². The Morgan fingerprint density at radius 1 is 0.434 bits per heavy atom. The average molecular weight is 779 g/mol. The molecule has 0 saturated carbocycles. The van der Waals surface area contributed by atoms with Crippen LogP contribution in [0.4, 0.5) is 43.9 Å². The van der Waals surface area contributed by atoms with Gasteiger partial charge in [-0.25, -0.2) is 43.9 Å². The standard InChI is InChI=1S/C36H28F10O6S/c1-47-21-13-9-17(31(49-3)33(21)51-5)35(29(45)25(41)15-7-11-19(37)27(43)23(15)39)53-36(18-10-14-22(48-2)34(52-6)32(18)50-4)30(46)26(42)16-8-12-20(38)28(44)24(16)40/h7-14,35-36H,1-6H3/b29-25-,30-26?. The predicted molar refractivity (Wildman–Crippen MR) is 176 cm³/mol. The molecular formula is C36H28F10O6S. The molecule has 0 N–H and O–H groups in total. The molecule has 0 heterocycles. The normalized spacial score (nSPS) is 13.4. The molecular weight excluding hydrogens is 750 g/mol. The largest absolute Gasteiger partial charge is 0.493 e. The molecule has 6 nitrogen and oxygen atoms in total. The van der Waals surface area contributed by atoms with Crippen LogP contribution in [-0.2, 0) is 0 Å². The topological polar surface area (TPSA) is 55.4 Å². The molecule has 284 valence electrons. The summed E-state index contributed by atoms with van der Waals surface area (Å²) in [6.45, 7) is 0. The smallest absolute Gasteiger partial charge is 0.203 e. The summed E-state index contributed by atoms with van der Waals surface area (Å²) >= 11 is 0.0300. The van der Waals surface area contributed by atoms with Crippen LogP contribution in [0.5, 0.6) is 34.5 Å². The fourth-order valence-electron chi connectivity index (χ4n) is 5.22. The van der Waals surface area contributed by atoms with Gasteiger partial charge in [0.2, 0.25) is 11.5 Å². The van der Waals surface area contributed by atoms with Crippen LogP contribution in [0.25, 0.3) is 11.7 Å². The Bertz CT molecular complexity index is 1930. The summed E-state index contributed by atoms with van der Waals surface area (Å²) in [6, 6.07) is 6.04. The van der Waals surface area contributed by atoms with Crippen molar-refractivity contribution in [1.29, 1.82) is 0 Å². The van der Waals surface area contributed by atoms with Crippen molar-refractivity contribution in [2.75, 3.05) is 42.7 Å². The van der Waals surface area contributed by atoms with E-state index in [2.05, 4.69) is 0 Å². The van der Waals surface area contributed by atoms with E-state index in [0.29, 0.717) is 24.3 Å². The van der Waals surface area contributed by atoms with Crippen LogP contribution in [0.1, 0.15) is 32.8 Å². The first-order valence-electron chi connectivity index (χ1n) is 14.8. The van der Waals surface area contributed by atoms with Gasteiger partial charge in [0.05, 0.1) is 64.3 Å². The van der Waals surface area contributed by atoms with Crippen molar-refractivity contribution >= 4 is 23.4 Å². The van der Waals surface area contributed by atoms with Crippen molar-refractivity contribution in [3.05, 3.63) is 117 Å². The van der Waals surface area contributed by atoms with Gasteiger partial charge in [0, 0.05) is 11.1 Å². The van der Waals surface area contributed by atoms with Gasteiger partial charge in [-0.2, -0.15) is 0 Å². The number of halogens is 10. The second-order valence-corrected chi connectivity index (χ2v) is 11.7. The fourth-order valence-corrected chi connectivity index (χ4v) is 6.60. The van der Waals surface area contributed by atoms with E-state index in [9.17, 15) is 26.3 Å². The highest BCUT2D eigenvalue weighted by Gasteiger charge is 2.38. The average Bonchev–Trinajstić information content (AvgIpc) is 3.17. The van der Waals surface area contributed by atoms with Crippen molar-refractivity contribution in [3.8, 4) is 34.5 Å². The van der Waals surface area contributed by atoms with Gasteiger partial charge in [0.15, 0.2) is 81.2 Å². The Kier molecular flexibility index (Phi) is 13.1. The lowest BCUT2D eigenvalue weighted by molar-refractivity contribution is 0.321. The highest BCUT2D eigenvalue weighted by atomic mass is 32.2. The maximum atomic E-state index is 16.8. The quantitative estimate of drug-likeness (QED) is 0.0933. The lowest BCUT2D eigenvalue weighted by Crippen LogP contribution is -2.09. The molecule has 0 saturated heterocycles. The van der Waals surface area contributed by atoms with Gasteiger partial charge in [-0.15, -0.1) is 11.8 Å². The van der Waals surface area contributed by atoms with Gasteiger partial charge in [-0.05, 0) is 48.5 Å².